The molecule has 1 N–H and O–H groups in total. The van der Waals surface area contributed by atoms with Gasteiger partial charge in [-0.2, -0.15) is 5.10 Å². The quantitative estimate of drug-likeness (QED) is 0.494. The molecule has 0 saturated carbocycles. The fourth-order valence-electron chi connectivity index (χ4n) is 3.46. The van der Waals surface area contributed by atoms with Crippen molar-refractivity contribution in [3.8, 4) is 0 Å². The monoisotopic (exact) mass is 388 g/mol. The van der Waals surface area contributed by atoms with Crippen molar-refractivity contribution in [3.05, 3.63) is 77.2 Å². The molecule has 0 fully saturated rings. The number of nitrogens with zero attached hydrogens (tertiary/aromatic N) is 5. The summed E-state index contributed by atoms with van der Waals surface area (Å²) in [5.74, 6) is -0.191. The van der Waals surface area contributed by atoms with Crippen LogP contribution in [0.2, 0.25) is 0 Å². The maximum absolute atomic E-state index is 12.5. The summed E-state index contributed by atoms with van der Waals surface area (Å²) in [7, 11) is 0. The largest absolute Gasteiger partial charge is 0.351 e. The van der Waals surface area contributed by atoms with Crippen molar-refractivity contribution in [1.29, 1.82) is 0 Å². The first-order valence-electron chi connectivity index (χ1n) is 9.78. The molecule has 2 aromatic heterocycles. The Balaban J connectivity index is 1.33. The fraction of sp³-hybridized carbons (Fsp3) is 0.273. The maximum atomic E-state index is 12.5. The summed E-state index contributed by atoms with van der Waals surface area (Å²) in [6.07, 6.45) is 0.786. The number of fused-ring (bicyclic) bond motifs is 1. The van der Waals surface area contributed by atoms with Crippen LogP contribution in [0.4, 0.5) is 0 Å². The van der Waals surface area contributed by atoms with E-state index in [1.807, 2.05) is 61.0 Å². The Morgan fingerprint density at radius 3 is 2.59 bits per heavy atom. The normalized spacial score (nSPS) is 11.1. The van der Waals surface area contributed by atoms with Crippen molar-refractivity contribution in [3.63, 3.8) is 0 Å². The molecule has 1 amide bonds. The number of nitrogens with one attached hydrogen (secondary N) is 1. The summed E-state index contributed by atoms with van der Waals surface area (Å²) in [5, 5.41) is 16.9. The van der Waals surface area contributed by atoms with E-state index in [9.17, 15) is 4.79 Å². The van der Waals surface area contributed by atoms with Crippen molar-refractivity contribution in [1.82, 2.24) is 30.1 Å². The summed E-state index contributed by atoms with van der Waals surface area (Å²) in [5.41, 5.74) is 4.40. The first-order valence-corrected chi connectivity index (χ1v) is 9.78. The second kappa shape index (κ2) is 8.26. The number of rotatable bonds is 7. The third-order valence-corrected chi connectivity index (χ3v) is 5.05. The van der Waals surface area contributed by atoms with Crippen molar-refractivity contribution >= 4 is 16.8 Å². The van der Waals surface area contributed by atoms with Crippen LogP contribution < -0.4 is 5.32 Å². The zero-order valence-corrected chi connectivity index (χ0v) is 16.7. The predicted molar refractivity (Wildman–Crippen MR) is 112 cm³/mol. The van der Waals surface area contributed by atoms with Gasteiger partial charge in [-0.05, 0) is 31.9 Å². The van der Waals surface area contributed by atoms with Crippen molar-refractivity contribution in [2.75, 3.05) is 6.54 Å². The van der Waals surface area contributed by atoms with Gasteiger partial charge in [-0.25, -0.2) is 4.68 Å². The number of carbonyl (C=O) groups excluding carboxylic acids is 1. The first-order chi connectivity index (χ1) is 14.1. The molecule has 4 rings (SSSR count). The molecular weight excluding hydrogens is 364 g/mol. The molecule has 0 aliphatic rings. The Labute approximate surface area is 169 Å². The summed E-state index contributed by atoms with van der Waals surface area (Å²) in [6, 6.07) is 18.2. The summed E-state index contributed by atoms with van der Waals surface area (Å²) < 4.78 is 3.75. The van der Waals surface area contributed by atoms with E-state index in [2.05, 4.69) is 32.9 Å². The van der Waals surface area contributed by atoms with Crippen molar-refractivity contribution < 1.29 is 4.79 Å². The van der Waals surface area contributed by atoms with E-state index in [1.54, 1.807) is 4.68 Å². The molecule has 0 atom stereocenters. The van der Waals surface area contributed by atoms with Gasteiger partial charge in [0.15, 0.2) is 5.69 Å². The molecule has 0 spiro atoms. The number of hydrogen-bond donors (Lipinski definition) is 1. The lowest BCUT2D eigenvalue weighted by molar-refractivity contribution is 0.0947. The van der Waals surface area contributed by atoms with Gasteiger partial charge in [0.25, 0.3) is 5.91 Å². The van der Waals surface area contributed by atoms with Crippen LogP contribution in [0.5, 0.6) is 0 Å². The lowest BCUT2D eigenvalue weighted by Crippen LogP contribution is -2.26. The summed E-state index contributed by atoms with van der Waals surface area (Å²) >= 11 is 0. The number of benzene rings is 2. The second-order valence-electron chi connectivity index (χ2n) is 7.10. The molecule has 29 heavy (non-hydrogen) atoms. The van der Waals surface area contributed by atoms with Crippen molar-refractivity contribution in [2.24, 2.45) is 0 Å². The summed E-state index contributed by atoms with van der Waals surface area (Å²) in [6.45, 7) is 5.78. The zero-order valence-electron chi connectivity index (χ0n) is 16.7. The molecule has 7 heteroatoms. The molecule has 2 aromatic carbocycles. The molecule has 0 saturated heterocycles. The first kappa shape index (κ1) is 18.9. The van der Waals surface area contributed by atoms with E-state index in [0.29, 0.717) is 18.8 Å². The van der Waals surface area contributed by atoms with Crippen LogP contribution in [0.25, 0.3) is 10.9 Å². The molecule has 0 unspecified atom stereocenters. The van der Waals surface area contributed by atoms with Gasteiger partial charge in [0.2, 0.25) is 0 Å². The fourth-order valence-corrected chi connectivity index (χ4v) is 3.46. The lowest BCUT2D eigenvalue weighted by Gasteiger charge is -2.06. The number of para-hydroxylation sites is 1. The van der Waals surface area contributed by atoms with Gasteiger partial charge in [0.1, 0.15) is 0 Å². The van der Waals surface area contributed by atoms with Gasteiger partial charge >= 0.3 is 0 Å². The van der Waals surface area contributed by atoms with Gasteiger partial charge in [0.05, 0.1) is 23.4 Å². The third kappa shape index (κ3) is 4.03. The highest BCUT2D eigenvalue weighted by molar-refractivity contribution is 5.93. The Hall–Kier alpha value is -3.48. The predicted octanol–water partition coefficient (Wildman–Crippen LogP) is 3.11. The van der Waals surface area contributed by atoms with E-state index in [0.717, 1.165) is 35.4 Å². The standard InChI is InChI=1S/C22H24N6O/c1-16-19-11-6-7-12-20(19)27(25-16)14-8-13-23-22(29)21-17(2)28(26-24-21)15-18-9-4-3-5-10-18/h3-7,9-12H,8,13-15H2,1-2H3,(H,23,29). The molecule has 7 nitrogen and oxygen atoms in total. The maximum Gasteiger partial charge on any atom is 0.273 e. The molecule has 0 bridgehead atoms. The Morgan fingerprint density at radius 1 is 1.00 bits per heavy atom. The smallest absolute Gasteiger partial charge is 0.273 e. The van der Waals surface area contributed by atoms with Gasteiger partial charge in [-0.15, -0.1) is 5.10 Å². The minimum absolute atomic E-state index is 0.191. The van der Waals surface area contributed by atoms with Gasteiger partial charge < -0.3 is 5.32 Å². The van der Waals surface area contributed by atoms with Gasteiger partial charge in [0, 0.05) is 18.5 Å². The van der Waals surface area contributed by atoms with Crippen LogP contribution >= 0.6 is 0 Å². The Morgan fingerprint density at radius 2 is 1.76 bits per heavy atom. The molecule has 4 aromatic rings. The second-order valence-corrected chi connectivity index (χ2v) is 7.10. The molecule has 148 valence electrons. The van der Waals surface area contributed by atoms with E-state index >= 15 is 0 Å². The molecule has 0 radical (unpaired) electrons. The minimum Gasteiger partial charge on any atom is -0.351 e. The summed E-state index contributed by atoms with van der Waals surface area (Å²) in [4.78, 5) is 12.5. The van der Waals surface area contributed by atoms with E-state index in [-0.39, 0.29) is 5.91 Å². The van der Waals surface area contributed by atoms with Gasteiger partial charge in [-0.3, -0.25) is 9.48 Å². The number of carbonyl (C=O) groups is 1. The van der Waals surface area contributed by atoms with Crippen LogP contribution in [0.3, 0.4) is 0 Å². The zero-order chi connectivity index (χ0) is 20.2. The van der Waals surface area contributed by atoms with E-state index < -0.39 is 0 Å². The van der Waals surface area contributed by atoms with Crippen LogP contribution in [0, 0.1) is 13.8 Å². The van der Waals surface area contributed by atoms with Crippen LogP contribution in [0.1, 0.15) is 33.9 Å². The topological polar surface area (TPSA) is 77.6 Å². The average Bonchev–Trinajstić information content (AvgIpc) is 3.26. The molecule has 0 aliphatic carbocycles. The van der Waals surface area contributed by atoms with Crippen LogP contribution in [-0.2, 0) is 13.1 Å². The number of aromatic nitrogens is 5. The molecule has 2 heterocycles. The minimum atomic E-state index is -0.191. The number of aryl methyl sites for hydroxylation is 2. The third-order valence-electron chi connectivity index (χ3n) is 5.05. The van der Waals surface area contributed by atoms with E-state index in [1.165, 1.54) is 5.39 Å². The van der Waals surface area contributed by atoms with Gasteiger partial charge in [-0.1, -0.05) is 53.7 Å². The highest BCUT2D eigenvalue weighted by atomic mass is 16.2. The molecule has 0 aliphatic heterocycles. The van der Waals surface area contributed by atoms with Crippen molar-refractivity contribution in [2.45, 2.75) is 33.4 Å². The van der Waals surface area contributed by atoms with E-state index in [4.69, 9.17) is 0 Å². The lowest BCUT2D eigenvalue weighted by atomic mass is 10.2. The molecular formula is C22H24N6O. The Bertz CT molecular complexity index is 1130. The van der Waals surface area contributed by atoms with Crippen LogP contribution in [0.15, 0.2) is 54.6 Å². The SMILES string of the molecule is Cc1nn(CCCNC(=O)c2nnn(Cc3ccccc3)c2C)c2ccccc12. The number of amides is 1. The van der Waals surface area contributed by atoms with Crippen LogP contribution in [-0.4, -0.2) is 37.2 Å². The highest BCUT2D eigenvalue weighted by Crippen LogP contribution is 2.17. The Kier molecular flexibility index (Phi) is 5.37. The highest BCUT2D eigenvalue weighted by Gasteiger charge is 2.16. The average molecular weight is 388 g/mol. The number of hydrogen-bond acceptors (Lipinski definition) is 4.